The lowest BCUT2D eigenvalue weighted by atomic mass is 10.0. The summed E-state index contributed by atoms with van der Waals surface area (Å²) in [6.45, 7) is 2.50. The van der Waals surface area contributed by atoms with Crippen molar-refractivity contribution in [3.63, 3.8) is 0 Å². The molecule has 1 aromatic heterocycles. The topological polar surface area (TPSA) is 32.3 Å². The number of halogens is 3. The molecule has 0 N–H and O–H groups in total. The minimum absolute atomic E-state index is 0.338. The van der Waals surface area contributed by atoms with Gasteiger partial charge in [-0.05, 0) is 56.0 Å². The van der Waals surface area contributed by atoms with Gasteiger partial charge in [-0.1, -0.05) is 12.1 Å². The van der Waals surface area contributed by atoms with Crippen LogP contribution in [-0.4, -0.2) is 41.0 Å². The van der Waals surface area contributed by atoms with Crippen LogP contribution in [0, 0.1) is 0 Å². The van der Waals surface area contributed by atoms with Crippen LogP contribution in [0.15, 0.2) is 36.5 Å². The highest BCUT2D eigenvalue weighted by Crippen LogP contribution is 2.38. The molecule has 0 amide bonds. The summed E-state index contributed by atoms with van der Waals surface area (Å²) in [4.78, 5) is 13.7. The number of aromatic nitrogens is 2. The van der Waals surface area contributed by atoms with Gasteiger partial charge in [0.2, 0.25) is 0 Å². The second-order valence-electron chi connectivity index (χ2n) is 7.88. The SMILES string of the molecule is CN(c1ccnc(C2CC2)n1)C1CCCN(Cc2ccc(C(F)(F)F)cc2)C1. The number of anilines is 1. The molecule has 28 heavy (non-hydrogen) atoms. The lowest BCUT2D eigenvalue weighted by molar-refractivity contribution is -0.137. The molecule has 2 heterocycles. The van der Waals surface area contributed by atoms with Crippen molar-refractivity contribution in [2.75, 3.05) is 25.0 Å². The molecule has 1 unspecified atom stereocenters. The Hall–Kier alpha value is -2.15. The van der Waals surface area contributed by atoms with Crippen molar-refractivity contribution in [1.82, 2.24) is 14.9 Å². The molecule has 1 saturated heterocycles. The van der Waals surface area contributed by atoms with Gasteiger partial charge in [-0.25, -0.2) is 9.97 Å². The molecule has 0 radical (unpaired) electrons. The fraction of sp³-hybridized carbons (Fsp3) is 0.524. The highest BCUT2D eigenvalue weighted by atomic mass is 19.4. The van der Waals surface area contributed by atoms with Crippen LogP contribution in [0.1, 0.15) is 48.6 Å². The zero-order valence-electron chi connectivity index (χ0n) is 16.0. The molecule has 7 heteroatoms. The second kappa shape index (κ2) is 7.70. The van der Waals surface area contributed by atoms with E-state index in [1.54, 1.807) is 12.1 Å². The predicted molar refractivity (Wildman–Crippen MR) is 102 cm³/mol. The van der Waals surface area contributed by atoms with E-state index in [9.17, 15) is 13.2 Å². The standard InChI is InChI=1S/C21H25F3N4/c1-27(19-10-11-25-20(26-19)16-6-7-16)18-3-2-12-28(14-18)13-15-4-8-17(9-5-15)21(22,23)24/h4-5,8-11,16,18H,2-3,6-7,12-14H2,1H3. The van der Waals surface area contributed by atoms with Crippen molar-refractivity contribution in [3.8, 4) is 0 Å². The first-order chi connectivity index (χ1) is 13.4. The van der Waals surface area contributed by atoms with E-state index in [4.69, 9.17) is 4.98 Å². The van der Waals surface area contributed by atoms with E-state index in [1.807, 2.05) is 12.3 Å². The Morgan fingerprint density at radius 3 is 2.54 bits per heavy atom. The number of nitrogens with zero attached hydrogens (tertiary/aromatic N) is 4. The van der Waals surface area contributed by atoms with E-state index in [-0.39, 0.29) is 0 Å². The van der Waals surface area contributed by atoms with E-state index in [2.05, 4.69) is 21.8 Å². The smallest absolute Gasteiger partial charge is 0.355 e. The summed E-state index contributed by atoms with van der Waals surface area (Å²) < 4.78 is 38.2. The van der Waals surface area contributed by atoms with Gasteiger partial charge in [0.1, 0.15) is 11.6 Å². The minimum Gasteiger partial charge on any atom is -0.355 e. The zero-order chi connectivity index (χ0) is 19.7. The molecule has 0 spiro atoms. The van der Waals surface area contributed by atoms with Gasteiger partial charge in [0, 0.05) is 38.3 Å². The van der Waals surface area contributed by atoms with Crippen LogP contribution in [0.3, 0.4) is 0 Å². The highest BCUT2D eigenvalue weighted by Gasteiger charge is 2.31. The van der Waals surface area contributed by atoms with Gasteiger partial charge in [-0.15, -0.1) is 0 Å². The molecule has 1 aliphatic carbocycles. The maximum absolute atomic E-state index is 12.7. The Labute approximate surface area is 163 Å². The number of alkyl halides is 3. The molecule has 1 aromatic carbocycles. The number of benzene rings is 1. The van der Waals surface area contributed by atoms with Gasteiger partial charge in [-0.3, -0.25) is 4.90 Å². The monoisotopic (exact) mass is 390 g/mol. The van der Waals surface area contributed by atoms with Crippen molar-refractivity contribution in [2.45, 2.75) is 50.4 Å². The van der Waals surface area contributed by atoms with Gasteiger partial charge in [0.25, 0.3) is 0 Å². The van der Waals surface area contributed by atoms with E-state index in [0.29, 0.717) is 18.5 Å². The molecular weight excluding hydrogens is 365 g/mol. The average molecular weight is 390 g/mol. The lowest BCUT2D eigenvalue weighted by Gasteiger charge is -2.38. The Balaban J connectivity index is 1.39. The number of rotatable bonds is 5. The Morgan fingerprint density at radius 2 is 1.86 bits per heavy atom. The average Bonchev–Trinajstić information content (AvgIpc) is 3.53. The number of likely N-dealkylation sites (N-methyl/N-ethyl adjacent to an activating group) is 1. The lowest BCUT2D eigenvalue weighted by Crippen LogP contribution is -2.46. The zero-order valence-corrected chi connectivity index (χ0v) is 16.0. The van der Waals surface area contributed by atoms with E-state index >= 15 is 0 Å². The summed E-state index contributed by atoms with van der Waals surface area (Å²) in [6.07, 6.45) is 2.07. The summed E-state index contributed by atoms with van der Waals surface area (Å²) in [5.74, 6) is 2.43. The van der Waals surface area contributed by atoms with Crippen LogP contribution in [0.25, 0.3) is 0 Å². The maximum Gasteiger partial charge on any atom is 0.416 e. The molecule has 4 nitrogen and oxygen atoms in total. The van der Waals surface area contributed by atoms with Gasteiger partial charge in [-0.2, -0.15) is 13.2 Å². The quantitative estimate of drug-likeness (QED) is 0.754. The summed E-state index contributed by atoms with van der Waals surface area (Å²) in [5, 5.41) is 0. The Morgan fingerprint density at radius 1 is 1.11 bits per heavy atom. The normalized spacial score (nSPS) is 20.9. The van der Waals surface area contributed by atoms with E-state index in [1.165, 1.54) is 25.0 Å². The van der Waals surface area contributed by atoms with Crippen molar-refractivity contribution in [2.24, 2.45) is 0 Å². The van der Waals surface area contributed by atoms with Crippen LogP contribution in [0.2, 0.25) is 0 Å². The number of hydrogen-bond donors (Lipinski definition) is 0. The molecule has 2 fully saturated rings. The predicted octanol–water partition coefficient (Wildman–Crippen LogP) is 4.47. The summed E-state index contributed by atoms with van der Waals surface area (Å²) in [7, 11) is 2.07. The Kier molecular flexibility index (Phi) is 5.27. The molecule has 1 atom stereocenters. The van der Waals surface area contributed by atoms with Crippen LogP contribution in [-0.2, 0) is 12.7 Å². The van der Waals surface area contributed by atoms with Crippen molar-refractivity contribution >= 4 is 5.82 Å². The van der Waals surface area contributed by atoms with Gasteiger partial charge >= 0.3 is 6.18 Å². The van der Waals surface area contributed by atoms with Crippen LogP contribution < -0.4 is 4.90 Å². The number of likely N-dealkylation sites (tertiary alicyclic amines) is 1. The van der Waals surface area contributed by atoms with Crippen molar-refractivity contribution in [1.29, 1.82) is 0 Å². The number of piperidine rings is 1. The molecular formula is C21H25F3N4. The first-order valence-electron chi connectivity index (χ1n) is 9.84. The third-order valence-corrected chi connectivity index (χ3v) is 5.68. The maximum atomic E-state index is 12.7. The largest absolute Gasteiger partial charge is 0.416 e. The minimum atomic E-state index is -4.28. The van der Waals surface area contributed by atoms with Crippen molar-refractivity contribution < 1.29 is 13.2 Å². The van der Waals surface area contributed by atoms with Gasteiger partial charge in [0.05, 0.1) is 5.56 Å². The highest BCUT2D eigenvalue weighted by molar-refractivity contribution is 5.39. The molecule has 1 aliphatic heterocycles. The second-order valence-corrected chi connectivity index (χ2v) is 7.88. The van der Waals surface area contributed by atoms with Crippen molar-refractivity contribution in [3.05, 3.63) is 53.5 Å². The first-order valence-corrected chi connectivity index (χ1v) is 9.84. The third-order valence-electron chi connectivity index (χ3n) is 5.68. The third kappa shape index (κ3) is 4.46. The van der Waals surface area contributed by atoms with Crippen LogP contribution >= 0.6 is 0 Å². The first kappa shape index (κ1) is 19.2. The van der Waals surface area contributed by atoms with E-state index in [0.717, 1.165) is 43.1 Å². The van der Waals surface area contributed by atoms with Crippen LogP contribution in [0.4, 0.5) is 19.0 Å². The van der Waals surface area contributed by atoms with Crippen LogP contribution in [0.5, 0.6) is 0 Å². The summed E-state index contributed by atoms with van der Waals surface area (Å²) in [6, 6.07) is 7.81. The fourth-order valence-electron chi connectivity index (χ4n) is 3.83. The van der Waals surface area contributed by atoms with Gasteiger partial charge < -0.3 is 4.90 Å². The van der Waals surface area contributed by atoms with Gasteiger partial charge in [0.15, 0.2) is 0 Å². The Bertz CT molecular complexity index is 802. The summed E-state index contributed by atoms with van der Waals surface area (Å²) in [5.41, 5.74) is 0.317. The molecule has 2 aromatic rings. The molecule has 1 saturated carbocycles. The van der Waals surface area contributed by atoms with E-state index < -0.39 is 11.7 Å². The molecule has 2 aliphatic rings. The molecule has 150 valence electrons. The molecule has 4 rings (SSSR count). The molecule has 0 bridgehead atoms. The summed E-state index contributed by atoms with van der Waals surface area (Å²) >= 11 is 0. The fourth-order valence-corrected chi connectivity index (χ4v) is 3.83. The number of hydrogen-bond acceptors (Lipinski definition) is 4.